The predicted octanol–water partition coefficient (Wildman–Crippen LogP) is 5.53. The number of piperazine rings is 1. The fourth-order valence-electron chi connectivity index (χ4n) is 5.33. The van der Waals surface area contributed by atoms with Crippen molar-refractivity contribution in [2.24, 2.45) is 0 Å². The van der Waals surface area contributed by atoms with Gasteiger partial charge in [0, 0.05) is 49.8 Å². The number of likely N-dealkylation sites (N-methyl/N-ethyl adjacent to an activating group) is 1. The van der Waals surface area contributed by atoms with Crippen LogP contribution < -0.4 is 25.3 Å². The highest BCUT2D eigenvalue weighted by Gasteiger charge is 2.38. The van der Waals surface area contributed by atoms with Crippen LogP contribution in [0.3, 0.4) is 0 Å². The lowest BCUT2D eigenvalue weighted by Crippen LogP contribution is -2.50. The highest BCUT2D eigenvalue weighted by Crippen LogP contribution is 2.41. The Morgan fingerprint density at radius 2 is 1.98 bits per heavy atom. The zero-order chi connectivity index (χ0) is 31.6. The molecule has 2 N–H and O–H groups in total. The van der Waals surface area contributed by atoms with E-state index in [-0.39, 0.29) is 36.4 Å². The number of hydrogen-bond acceptors (Lipinski definition) is 9. The summed E-state index contributed by atoms with van der Waals surface area (Å²) in [6.07, 6.45) is -2.15. The fraction of sp³-hybridized carbons (Fsp3) is 0.367. The molecule has 2 atom stereocenters. The van der Waals surface area contributed by atoms with E-state index in [1.54, 1.807) is 6.07 Å². The summed E-state index contributed by atoms with van der Waals surface area (Å²) in [6.45, 7) is 8.16. The zero-order valence-electron chi connectivity index (χ0n) is 24.5. The molecule has 10 nitrogen and oxygen atoms in total. The van der Waals surface area contributed by atoms with E-state index in [9.17, 15) is 18.0 Å². The van der Waals surface area contributed by atoms with E-state index in [1.165, 1.54) is 42.8 Å². The van der Waals surface area contributed by atoms with Crippen LogP contribution in [0.2, 0.25) is 0 Å². The van der Waals surface area contributed by atoms with Crippen molar-refractivity contribution in [3.05, 3.63) is 72.3 Å². The minimum atomic E-state index is -4.84. The second-order valence-electron chi connectivity index (χ2n) is 10.6. The second-order valence-corrected chi connectivity index (χ2v) is 10.6. The summed E-state index contributed by atoms with van der Waals surface area (Å²) in [5, 5.41) is 7.34. The molecule has 0 unspecified atom stereocenters. The van der Waals surface area contributed by atoms with E-state index < -0.39 is 23.6 Å². The number of rotatable bonds is 8. The number of carbonyl (C=O) groups excluding carboxylic acids is 1. The van der Waals surface area contributed by atoms with Crippen molar-refractivity contribution in [2.75, 3.05) is 61.0 Å². The van der Waals surface area contributed by atoms with Crippen molar-refractivity contribution >= 4 is 34.6 Å². The Morgan fingerprint density at radius 1 is 1.18 bits per heavy atom. The molecule has 0 saturated carbocycles. The van der Waals surface area contributed by atoms with Gasteiger partial charge in [-0.3, -0.25) is 9.63 Å². The van der Waals surface area contributed by atoms with Gasteiger partial charge in [-0.2, -0.15) is 13.2 Å². The van der Waals surface area contributed by atoms with E-state index in [4.69, 9.17) is 9.57 Å². The Morgan fingerprint density at radius 3 is 2.68 bits per heavy atom. The average Bonchev–Trinajstić information content (AvgIpc) is 3.48. The summed E-state index contributed by atoms with van der Waals surface area (Å²) in [7, 11) is 3.59. The van der Waals surface area contributed by atoms with Gasteiger partial charge in [-0.1, -0.05) is 18.7 Å². The SMILES string of the molecule is C=CC(=O)Nc1cc(Nc2cc(N3OCC[C@@H]3c3cccc(C(F)(F)F)c3F)ncn2)c(OC)cc1N1CCN(C)[C@H](C)C1. The normalized spacial score (nSPS) is 19.2. The van der Waals surface area contributed by atoms with Gasteiger partial charge in [0.25, 0.3) is 0 Å². The minimum absolute atomic E-state index is 0.150. The molecule has 0 spiro atoms. The molecule has 0 bridgehead atoms. The summed E-state index contributed by atoms with van der Waals surface area (Å²) < 4.78 is 60.9. The Bertz CT molecular complexity index is 1540. The van der Waals surface area contributed by atoms with Gasteiger partial charge in [0.15, 0.2) is 5.82 Å². The van der Waals surface area contributed by atoms with Crippen LogP contribution in [0.4, 0.5) is 46.3 Å². The smallest absolute Gasteiger partial charge is 0.419 e. The molecule has 0 aliphatic carbocycles. The predicted molar refractivity (Wildman–Crippen MR) is 159 cm³/mol. The summed E-state index contributed by atoms with van der Waals surface area (Å²) in [5.74, 6) is -0.739. The maximum atomic E-state index is 15.0. The molecule has 0 radical (unpaired) electrons. The summed E-state index contributed by atoms with van der Waals surface area (Å²) in [5.41, 5.74) is 0.302. The fourth-order valence-corrected chi connectivity index (χ4v) is 5.33. The summed E-state index contributed by atoms with van der Waals surface area (Å²) in [4.78, 5) is 31.0. The first-order chi connectivity index (χ1) is 21.0. The van der Waals surface area contributed by atoms with Gasteiger partial charge < -0.3 is 25.2 Å². The third-order valence-corrected chi connectivity index (χ3v) is 7.80. The standard InChI is InChI=1S/C30H33F4N7O3/c1-5-28(42)38-21-13-22(25(43-4)14-24(21)40-11-10-39(3)18(2)16-40)37-26-15-27(36-17-35-26)41-23(9-12-44-41)19-7-6-8-20(29(19)31)30(32,33)34/h5-8,13-15,17-18,23H,1,9-12,16H2,2-4H3,(H,38,42)(H,35,36,37)/t18-,23-/m1/s1. The molecule has 2 fully saturated rings. The lowest BCUT2D eigenvalue weighted by Gasteiger charge is -2.40. The third kappa shape index (κ3) is 6.40. The van der Waals surface area contributed by atoms with Gasteiger partial charge in [0.1, 0.15) is 23.7 Å². The van der Waals surface area contributed by atoms with Crippen LogP contribution in [0.1, 0.15) is 30.5 Å². The molecule has 2 aliphatic heterocycles. The van der Waals surface area contributed by atoms with E-state index in [0.717, 1.165) is 25.3 Å². The summed E-state index contributed by atoms with van der Waals surface area (Å²) >= 11 is 0. The molecule has 44 heavy (non-hydrogen) atoms. The number of carbonyl (C=O) groups is 1. The zero-order valence-corrected chi connectivity index (χ0v) is 24.5. The van der Waals surface area contributed by atoms with Crippen molar-refractivity contribution in [3.63, 3.8) is 0 Å². The average molecular weight is 616 g/mol. The van der Waals surface area contributed by atoms with Gasteiger partial charge in [-0.15, -0.1) is 0 Å². The Kier molecular flexibility index (Phi) is 8.92. The largest absolute Gasteiger partial charge is 0.494 e. The highest BCUT2D eigenvalue weighted by atomic mass is 19.4. The molecule has 1 amide bonds. The van der Waals surface area contributed by atoms with Crippen LogP contribution >= 0.6 is 0 Å². The molecule has 1 aromatic heterocycles. The summed E-state index contributed by atoms with van der Waals surface area (Å²) in [6, 6.07) is 7.72. The van der Waals surface area contributed by atoms with Crippen molar-refractivity contribution in [3.8, 4) is 5.75 Å². The third-order valence-electron chi connectivity index (χ3n) is 7.80. The molecule has 5 rings (SSSR count). The number of hydrogen-bond donors (Lipinski definition) is 2. The van der Waals surface area contributed by atoms with Crippen LogP contribution in [0.15, 0.2) is 55.4 Å². The Hall–Kier alpha value is -4.43. The van der Waals surface area contributed by atoms with Gasteiger partial charge in [0.2, 0.25) is 5.91 Å². The monoisotopic (exact) mass is 615 g/mol. The van der Waals surface area contributed by atoms with Crippen molar-refractivity contribution in [1.29, 1.82) is 0 Å². The quantitative estimate of drug-likeness (QED) is 0.251. The topological polar surface area (TPSA) is 95.1 Å². The molecule has 2 aliphatic rings. The van der Waals surface area contributed by atoms with Gasteiger partial charge in [-0.25, -0.2) is 19.4 Å². The van der Waals surface area contributed by atoms with E-state index >= 15 is 4.39 Å². The van der Waals surface area contributed by atoms with E-state index in [2.05, 4.69) is 51.0 Å². The van der Waals surface area contributed by atoms with E-state index in [0.29, 0.717) is 29.0 Å². The minimum Gasteiger partial charge on any atom is -0.494 e. The van der Waals surface area contributed by atoms with Crippen LogP contribution in [0.5, 0.6) is 5.75 Å². The van der Waals surface area contributed by atoms with Crippen LogP contribution in [0, 0.1) is 5.82 Å². The molecule has 14 heteroatoms. The first-order valence-corrected chi connectivity index (χ1v) is 14.0. The van der Waals surface area contributed by atoms with Gasteiger partial charge in [-0.05, 0) is 32.2 Å². The van der Waals surface area contributed by atoms with Crippen molar-refractivity contribution in [1.82, 2.24) is 14.9 Å². The number of aromatic nitrogens is 2. The molecule has 234 valence electrons. The first kappa shape index (κ1) is 31.0. The first-order valence-electron chi connectivity index (χ1n) is 14.0. The van der Waals surface area contributed by atoms with Gasteiger partial charge in [0.05, 0.1) is 42.4 Å². The Balaban J connectivity index is 1.46. The molecule has 2 saturated heterocycles. The van der Waals surface area contributed by atoms with Crippen LogP contribution in [-0.2, 0) is 15.8 Å². The number of benzene rings is 2. The highest BCUT2D eigenvalue weighted by molar-refractivity contribution is 6.02. The number of methoxy groups -OCH3 is 1. The Labute approximate surface area is 252 Å². The maximum Gasteiger partial charge on any atom is 0.419 e. The van der Waals surface area contributed by atoms with Crippen molar-refractivity contribution in [2.45, 2.75) is 31.6 Å². The van der Waals surface area contributed by atoms with Crippen molar-refractivity contribution < 1.29 is 31.9 Å². The number of nitrogens with zero attached hydrogens (tertiary/aromatic N) is 5. The lowest BCUT2D eigenvalue weighted by molar-refractivity contribution is -0.140. The number of amides is 1. The number of anilines is 5. The number of halogens is 4. The molecule has 3 aromatic rings. The molecule has 3 heterocycles. The van der Waals surface area contributed by atoms with E-state index in [1.807, 2.05) is 6.07 Å². The number of hydroxylamine groups is 1. The maximum absolute atomic E-state index is 15.0. The molecular formula is C30H33F4N7O3. The molecule has 2 aromatic carbocycles. The number of nitrogens with one attached hydrogen (secondary N) is 2. The second kappa shape index (κ2) is 12.7. The van der Waals surface area contributed by atoms with Gasteiger partial charge >= 0.3 is 6.18 Å². The van der Waals surface area contributed by atoms with Crippen LogP contribution in [-0.4, -0.2) is 67.2 Å². The lowest BCUT2D eigenvalue weighted by atomic mass is 10.0. The molecular weight excluding hydrogens is 582 g/mol. The number of alkyl halides is 3. The number of ether oxygens (including phenoxy) is 1. The van der Waals surface area contributed by atoms with Crippen LogP contribution in [0.25, 0.3) is 0 Å².